The predicted octanol–water partition coefficient (Wildman–Crippen LogP) is 0.795. The van der Waals surface area contributed by atoms with Crippen molar-refractivity contribution < 1.29 is 22.2 Å². The summed E-state index contributed by atoms with van der Waals surface area (Å²) < 4.78 is 68.6. The highest BCUT2D eigenvalue weighted by Gasteiger charge is 1.82. The minimum Gasteiger partial charge on any atom is -0.394 e. The average molecular weight is 127 g/mol. The predicted molar refractivity (Wildman–Crippen MR) is 32.8 cm³/mol. The van der Waals surface area contributed by atoms with E-state index < -0.39 is 39.4 Å². The Hall–Kier alpha value is -0.0800. The lowest BCUT2D eigenvalue weighted by atomic mass is 10.4. The third-order valence-corrected chi connectivity index (χ3v) is 0.379. The molecule has 0 spiro atoms. The van der Waals surface area contributed by atoms with Crippen LogP contribution in [-0.4, -0.2) is 24.9 Å². The molecule has 2 nitrogen and oxygen atoms in total. The number of rotatable bonds is 5. The zero-order chi connectivity index (χ0) is 14.1. The SMILES string of the molecule is [2H]C([2H])([2H])C([2H])([2H])C([2H])([2H])C([2H])([2H])OCCO. The van der Waals surface area contributed by atoms with Crippen LogP contribution in [0.25, 0.3) is 0 Å². The summed E-state index contributed by atoms with van der Waals surface area (Å²) in [5.74, 6) is 0. The first-order chi connectivity index (χ1) is 7.31. The van der Waals surface area contributed by atoms with Crippen molar-refractivity contribution in [1.82, 2.24) is 0 Å². The van der Waals surface area contributed by atoms with E-state index in [2.05, 4.69) is 4.74 Å². The first-order valence-corrected chi connectivity index (χ1v) is 2.06. The fraction of sp³-hybridized carbons (Fsp3) is 1.00. The molecule has 8 heavy (non-hydrogen) atoms. The molecule has 0 heterocycles. The summed E-state index contributed by atoms with van der Waals surface area (Å²) in [6.45, 7) is -7.67. The van der Waals surface area contributed by atoms with E-state index in [4.69, 9.17) is 17.4 Å². The Labute approximate surface area is 63.1 Å². The maximum Gasteiger partial charge on any atom is 0.0697 e. The zero-order valence-corrected chi connectivity index (χ0v) is 4.27. The van der Waals surface area contributed by atoms with Crippen LogP contribution >= 0.6 is 0 Å². The number of ether oxygens (including phenoxy) is 1. The molecule has 0 aromatic carbocycles. The number of aliphatic hydroxyl groups is 1. The van der Waals surface area contributed by atoms with Crippen molar-refractivity contribution in [3.8, 4) is 0 Å². The molecule has 0 radical (unpaired) electrons. The Balaban J connectivity index is 5.24. The van der Waals surface area contributed by atoms with Gasteiger partial charge in [0.15, 0.2) is 0 Å². The quantitative estimate of drug-likeness (QED) is 0.592. The average Bonchev–Trinajstić information content (AvgIpc) is 2.12. The van der Waals surface area contributed by atoms with Gasteiger partial charge in [0, 0.05) is 16.2 Å². The van der Waals surface area contributed by atoms with Gasteiger partial charge in [-0.2, -0.15) is 0 Å². The van der Waals surface area contributed by atoms with Crippen LogP contribution < -0.4 is 0 Å². The smallest absolute Gasteiger partial charge is 0.0697 e. The van der Waals surface area contributed by atoms with E-state index in [-0.39, 0.29) is 0 Å². The lowest BCUT2D eigenvalue weighted by Gasteiger charge is -1.97. The molecule has 0 aliphatic rings. The van der Waals surface area contributed by atoms with Crippen molar-refractivity contribution in [2.24, 2.45) is 0 Å². The van der Waals surface area contributed by atoms with E-state index in [0.29, 0.717) is 0 Å². The Bertz CT molecular complexity index is 259. The molecule has 50 valence electrons. The molecule has 0 rings (SSSR count). The molecule has 0 aromatic rings. The molecule has 0 bridgehead atoms. The highest BCUT2D eigenvalue weighted by Crippen LogP contribution is 1.85. The first-order valence-electron chi connectivity index (χ1n) is 6.56. The third kappa shape index (κ3) is 5.92. The topological polar surface area (TPSA) is 29.5 Å². The summed E-state index contributed by atoms with van der Waals surface area (Å²) in [5, 5.41) is 8.44. The molecule has 0 atom stereocenters. The summed E-state index contributed by atoms with van der Waals surface area (Å²) in [7, 11) is 0. The van der Waals surface area contributed by atoms with Crippen LogP contribution in [-0.2, 0) is 4.74 Å². The third-order valence-electron chi connectivity index (χ3n) is 0.379. The van der Waals surface area contributed by atoms with Gasteiger partial charge in [0.1, 0.15) is 0 Å². The highest BCUT2D eigenvalue weighted by molar-refractivity contribution is 4.30. The summed E-state index contributed by atoms with van der Waals surface area (Å²) in [4.78, 5) is 0. The Morgan fingerprint density at radius 2 is 2.75 bits per heavy atom. The largest absolute Gasteiger partial charge is 0.394 e. The van der Waals surface area contributed by atoms with E-state index in [9.17, 15) is 0 Å². The van der Waals surface area contributed by atoms with Crippen LogP contribution in [0.5, 0.6) is 0 Å². The summed E-state index contributed by atoms with van der Waals surface area (Å²) in [6.07, 6.45) is -6.83. The second kappa shape index (κ2) is 6.92. The molecule has 1 N–H and O–H groups in total. The first kappa shape index (κ1) is 1.50. The lowest BCUT2D eigenvalue weighted by Crippen LogP contribution is -1.99. The minimum absolute atomic E-state index is 0.566. The molecular formula is C6H14O2. The van der Waals surface area contributed by atoms with Gasteiger partial charge < -0.3 is 9.84 Å². The Morgan fingerprint density at radius 3 is 3.38 bits per heavy atom. The Morgan fingerprint density at radius 1 is 1.88 bits per heavy atom. The molecule has 0 saturated carbocycles. The van der Waals surface area contributed by atoms with Crippen molar-refractivity contribution in [2.75, 3.05) is 19.8 Å². The molecule has 2 heteroatoms. The van der Waals surface area contributed by atoms with E-state index in [1.807, 2.05) is 0 Å². The molecule has 0 aliphatic heterocycles. The van der Waals surface area contributed by atoms with Gasteiger partial charge in [-0.15, -0.1) is 0 Å². The van der Waals surface area contributed by atoms with E-state index in [1.54, 1.807) is 0 Å². The summed E-state index contributed by atoms with van der Waals surface area (Å²) >= 11 is 0. The molecule has 0 saturated heterocycles. The zero-order valence-electron chi connectivity index (χ0n) is 13.3. The van der Waals surface area contributed by atoms with Crippen molar-refractivity contribution in [3.63, 3.8) is 0 Å². The van der Waals surface area contributed by atoms with Gasteiger partial charge in [-0.05, 0) is 6.37 Å². The summed E-state index contributed by atoms with van der Waals surface area (Å²) in [6, 6.07) is 0. The molecule has 0 amide bonds. The van der Waals surface area contributed by atoms with Gasteiger partial charge in [-0.25, -0.2) is 0 Å². The van der Waals surface area contributed by atoms with Gasteiger partial charge in [0.05, 0.1) is 16.0 Å². The van der Waals surface area contributed by atoms with Crippen LogP contribution in [0.3, 0.4) is 0 Å². The second-order valence-corrected chi connectivity index (χ2v) is 0.924. The Kier molecular flexibility index (Phi) is 1.29. The van der Waals surface area contributed by atoms with Crippen LogP contribution in [0.4, 0.5) is 0 Å². The van der Waals surface area contributed by atoms with E-state index in [0.717, 1.165) is 0 Å². The van der Waals surface area contributed by atoms with E-state index >= 15 is 0 Å². The second-order valence-electron chi connectivity index (χ2n) is 0.924. The van der Waals surface area contributed by atoms with Crippen molar-refractivity contribution >= 4 is 0 Å². The highest BCUT2D eigenvalue weighted by atomic mass is 16.5. The van der Waals surface area contributed by atoms with Crippen molar-refractivity contribution in [2.45, 2.75) is 19.6 Å². The lowest BCUT2D eigenvalue weighted by molar-refractivity contribution is 0.0904. The molecular weight excluding hydrogens is 104 g/mol. The van der Waals surface area contributed by atoms with Gasteiger partial charge in [0.25, 0.3) is 0 Å². The van der Waals surface area contributed by atoms with Crippen LogP contribution in [0, 0.1) is 0 Å². The van der Waals surface area contributed by atoms with E-state index in [1.165, 1.54) is 0 Å². The van der Waals surface area contributed by atoms with Crippen LogP contribution in [0.1, 0.15) is 31.9 Å². The number of hydrogen-bond acceptors (Lipinski definition) is 2. The van der Waals surface area contributed by atoms with Crippen LogP contribution in [0.2, 0.25) is 0 Å². The molecule has 0 unspecified atom stereocenters. The minimum atomic E-state index is -3.43. The van der Waals surface area contributed by atoms with Gasteiger partial charge in [0.2, 0.25) is 0 Å². The number of hydrogen-bond donors (Lipinski definition) is 1. The molecule has 0 aromatic heterocycles. The van der Waals surface area contributed by atoms with Crippen molar-refractivity contribution in [3.05, 3.63) is 0 Å². The fourth-order valence-electron chi connectivity index (χ4n) is 0.158. The summed E-state index contributed by atoms with van der Waals surface area (Å²) in [5.41, 5.74) is 0. The standard InChI is InChI=1S/C6H14O2/c1-2-3-5-8-6-4-7/h7H,2-6H2,1H3/i1D3,2D2,3D2,5D2. The maximum atomic E-state index is 8.44. The monoisotopic (exact) mass is 127 g/mol. The van der Waals surface area contributed by atoms with Crippen LogP contribution in [0.15, 0.2) is 0 Å². The normalized spacial score (nSPS) is 33.4. The maximum absolute atomic E-state index is 8.44. The van der Waals surface area contributed by atoms with Crippen molar-refractivity contribution in [1.29, 1.82) is 0 Å². The number of aliphatic hydroxyl groups excluding tert-OH is 1. The molecule has 0 fully saturated rings. The molecule has 0 aliphatic carbocycles. The van der Waals surface area contributed by atoms with Gasteiger partial charge in [-0.3, -0.25) is 0 Å². The fourth-order valence-corrected chi connectivity index (χ4v) is 0.158. The van der Waals surface area contributed by atoms with Gasteiger partial charge in [-0.1, -0.05) is 13.2 Å². The van der Waals surface area contributed by atoms with Gasteiger partial charge >= 0.3 is 0 Å².